The maximum Gasteiger partial charge on any atom is 0.240 e. The van der Waals surface area contributed by atoms with Gasteiger partial charge in [0, 0.05) is 23.5 Å². The van der Waals surface area contributed by atoms with Crippen LogP contribution < -0.4 is 11.1 Å². The number of carbonyl (C=O) groups is 2. The second kappa shape index (κ2) is 9.08. The molecule has 126 valence electrons. The van der Waals surface area contributed by atoms with Crippen LogP contribution in [0.5, 0.6) is 0 Å². The van der Waals surface area contributed by atoms with E-state index in [-0.39, 0.29) is 18.1 Å². The Morgan fingerprint density at radius 3 is 2.38 bits per heavy atom. The number of thioether (sulfide) groups is 1. The summed E-state index contributed by atoms with van der Waals surface area (Å²) < 4.78 is 12.8. The van der Waals surface area contributed by atoms with Crippen LogP contribution in [0.1, 0.15) is 12.0 Å². The van der Waals surface area contributed by atoms with Crippen LogP contribution in [0.15, 0.2) is 59.5 Å². The molecule has 0 heterocycles. The summed E-state index contributed by atoms with van der Waals surface area (Å²) in [5.74, 6) is -0.543. The van der Waals surface area contributed by atoms with E-state index in [2.05, 4.69) is 5.32 Å². The quantitative estimate of drug-likeness (QED) is 0.722. The van der Waals surface area contributed by atoms with Crippen molar-refractivity contribution in [2.45, 2.75) is 23.8 Å². The van der Waals surface area contributed by atoms with Crippen molar-refractivity contribution in [3.05, 3.63) is 66.0 Å². The minimum atomic E-state index is -0.726. The van der Waals surface area contributed by atoms with Crippen molar-refractivity contribution in [1.82, 2.24) is 5.32 Å². The first-order valence-corrected chi connectivity index (χ1v) is 8.54. The van der Waals surface area contributed by atoms with Gasteiger partial charge in [-0.2, -0.15) is 0 Å². The lowest BCUT2D eigenvalue weighted by Gasteiger charge is -2.15. The molecule has 0 radical (unpaired) electrons. The molecule has 2 aromatic rings. The number of carbonyl (C=O) groups excluding carboxylic acids is 2. The second-order valence-electron chi connectivity index (χ2n) is 5.26. The van der Waals surface area contributed by atoms with Crippen LogP contribution in [-0.2, 0) is 16.0 Å². The summed E-state index contributed by atoms with van der Waals surface area (Å²) in [5, 5.41) is 2.67. The van der Waals surface area contributed by atoms with Crippen LogP contribution >= 0.6 is 11.8 Å². The van der Waals surface area contributed by atoms with Gasteiger partial charge >= 0.3 is 0 Å². The third kappa shape index (κ3) is 6.04. The minimum absolute atomic E-state index is 0.232. The number of amides is 2. The zero-order valence-electron chi connectivity index (χ0n) is 13.1. The largest absolute Gasteiger partial charge is 0.368 e. The molecule has 6 heteroatoms. The average molecular weight is 346 g/mol. The Morgan fingerprint density at radius 2 is 1.75 bits per heavy atom. The van der Waals surface area contributed by atoms with E-state index in [0.29, 0.717) is 12.2 Å². The maximum absolute atomic E-state index is 12.8. The molecule has 0 saturated heterocycles. The van der Waals surface area contributed by atoms with Crippen molar-refractivity contribution in [2.24, 2.45) is 5.73 Å². The van der Waals surface area contributed by atoms with Gasteiger partial charge in [-0.05, 0) is 29.8 Å². The summed E-state index contributed by atoms with van der Waals surface area (Å²) in [6.07, 6.45) is 0.619. The van der Waals surface area contributed by atoms with E-state index in [1.54, 1.807) is 12.1 Å². The Hall–Kier alpha value is -2.34. The number of primary amides is 1. The van der Waals surface area contributed by atoms with Crippen LogP contribution in [0.2, 0.25) is 0 Å². The van der Waals surface area contributed by atoms with E-state index < -0.39 is 11.9 Å². The number of hydrogen-bond donors (Lipinski definition) is 2. The van der Waals surface area contributed by atoms with Gasteiger partial charge in [0.1, 0.15) is 11.9 Å². The molecular weight excluding hydrogens is 327 g/mol. The first-order chi connectivity index (χ1) is 11.5. The fourth-order valence-electron chi connectivity index (χ4n) is 2.13. The first kappa shape index (κ1) is 18.0. The molecular formula is C18H19FN2O2S. The molecule has 2 aromatic carbocycles. The summed E-state index contributed by atoms with van der Waals surface area (Å²) >= 11 is 1.45. The van der Waals surface area contributed by atoms with Crippen molar-refractivity contribution in [1.29, 1.82) is 0 Å². The zero-order chi connectivity index (χ0) is 17.4. The monoisotopic (exact) mass is 346 g/mol. The molecule has 0 bridgehead atoms. The van der Waals surface area contributed by atoms with Gasteiger partial charge in [-0.25, -0.2) is 4.39 Å². The summed E-state index contributed by atoms with van der Waals surface area (Å²) in [5.41, 5.74) is 6.31. The highest BCUT2D eigenvalue weighted by Gasteiger charge is 2.18. The summed E-state index contributed by atoms with van der Waals surface area (Å²) in [6, 6.07) is 14.8. The van der Waals surface area contributed by atoms with Crippen LogP contribution in [0.25, 0.3) is 0 Å². The van der Waals surface area contributed by atoms with E-state index in [1.807, 2.05) is 30.3 Å². The summed E-state index contributed by atoms with van der Waals surface area (Å²) in [6.45, 7) is 0. The first-order valence-electron chi connectivity index (χ1n) is 7.55. The normalized spacial score (nSPS) is 11.7. The Labute approximate surface area is 144 Å². The molecule has 0 aliphatic heterocycles. The summed E-state index contributed by atoms with van der Waals surface area (Å²) in [4.78, 5) is 24.4. The van der Waals surface area contributed by atoms with E-state index in [1.165, 1.54) is 23.9 Å². The predicted molar refractivity (Wildman–Crippen MR) is 93.0 cm³/mol. The molecule has 0 saturated carbocycles. The van der Waals surface area contributed by atoms with Gasteiger partial charge in [0.15, 0.2) is 0 Å². The Morgan fingerprint density at radius 1 is 1.08 bits per heavy atom. The Bertz CT molecular complexity index is 677. The molecule has 0 aliphatic carbocycles. The van der Waals surface area contributed by atoms with E-state index in [4.69, 9.17) is 5.73 Å². The fraction of sp³-hybridized carbons (Fsp3) is 0.222. The standard InChI is InChI=1S/C18H19FN2O2S/c19-14-6-8-15(9-7-14)24-11-10-17(22)21-16(18(20)23)12-13-4-2-1-3-5-13/h1-9,16H,10-12H2,(H2,20,23)(H,21,22)/t16-/m0/s1. The van der Waals surface area contributed by atoms with Crippen molar-refractivity contribution in [3.63, 3.8) is 0 Å². The van der Waals surface area contributed by atoms with Gasteiger partial charge in [0.2, 0.25) is 11.8 Å². The highest BCUT2D eigenvalue weighted by Crippen LogP contribution is 2.18. The number of rotatable bonds is 8. The SMILES string of the molecule is NC(=O)[C@H](Cc1ccccc1)NC(=O)CCSc1ccc(F)cc1. The number of hydrogen-bond acceptors (Lipinski definition) is 3. The molecule has 24 heavy (non-hydrogen) atoms. The number of halogens is 1. The molecule has 0 aromatic heterocycles. The molecule has 0 spiro atoms. The van der Waals surface area contributed by atoms with Gasteiger partial charge in [0.25, 0.3) is 0 Å². The van der Waals surface area contributed by atoms with Crippen molar-refractivity contribution < 1.29 is 14.0 Å². The lowest BCUT2D eigenvalue weighted by atomic mass is 10.1. The maximum atomic E-state index is 12.8. The molecule has 0 aliphatic rings. The Balaban J connectivity index is 1.80. The van der Waals surface area contributed by atoms with Gasteiger partial charge in [-0.15, -0.1) is 11.8 Å². The molecule has 0 unspecified atom stereocenters. The molecule has 1 atom stereocenters. The zero-order valence-corrected chi connectivity index (χ0v) is 13.9. The van der Waals surface area contributed by atoms with Gasteiger partial charge < -0.3 is 11.1 Å². The third-order valence-corrected chi connectivity index (χ3v) is 4.39. The minimum Gasteiger partial charge on any atom is -0.368 e. The van der Waals surface area contributed by atoms with Crippen molar-refractivity contribution in [3.8, 4) is 0 Å². The van der Waals surface area contributed by atoms with E-state index in [0.717, 1.165) is 10.5 Å². The summed E-state index contributed by atoms with van der Waals surface area (Å²) in [7, 11) is 0. The molecule has 2 rings (SSSR count). The average Bonchev–Trinajstić information content (AvgIpc) is 2.57. The number of nitrogens with two attached hydrogens (primary N) is 1. The smallest absolute Gasteiger partial charge is 0.240 e. The Kier molecular flexibility index (Phi) is 6.81. The highest BCUT2D eigenvalue weighted by molar-refractivity contribution is 7.99. The number of nitrogens with one attached hydrogen (secondary N) is 1. The molecule has 3 N–H and O–H groups in total. The van der Waals surface area contributed by atoms with E-state index in [9.17, 15) is 14.0 Å². The topological polar surface area (TPSA) is 72.2 Å². The van der Waals surface area contributed by atoms with Crippen molar-refractivity contribution >= 4 is 23.6 Å². The number of benzene rings is 2. The van der Waals surface area contributed by atoms with Crippen LogP contribution in [0, 0.1) is 5.82 Å². The molecule has 2 amide bonds. The van der Waals surface area contributed by atoms with Crippen molar-refractivity contribution in [2.75, 3.05) is 5.75 Å². The lowest BCUT2D eigenvalue weighted by Crippen LogP contribution is -2.45. The third-order valence-electron chi connectivity index (χ3n) is 3.37. The molecule has 0 fully saturated rings. The van der Waals surface area contributed by atoms with Crippen LogP contribution in [0.4, 0.5) is 4.39 Å². The van der Waals surface area contributed by atoms with Gasteiger partial charge in [0.05, 0.1) is 0 Å². The fourth-order valence-corrected chi connectivity index (χ4v) is 2.98. The van der Waals surface area contributed by atoms with Gasteiger partial charge in [-0.3, -0.25) is 9.59 Å². The van der Waals surface area contributed by atoms with E-state index >= 15 is 0 Å². The van der Waals surface area contributed by atoms with Crippen LogP contribution in [0.3, 0.4) is 0 Å². The van der Waals surface area contributed by atoms with Gasteiger partial charge in [-0.1, -0.05) is 30.3 Å². The molecule has 4 nitrogen and oxygen atoms in total. The predicted octanol–water partition coefficient (Wildman–Crippen LogP) is 2.52. The highest BCUT2D eigenvalue weighted by atomic mass is 32.2. The van der Waals surface area contributed by atoms with Crippen LogP contribution in [-0.4, -0.2) is 23.6 Å². The second-order valence-corrected chi connectivity index (χ2v) is 6.43. The lowest BCUT2D eigenvalue weighted by molar-refractivity contribution is -0.127.